The summed E-state index contributed by atoms with van der Waals surface area (Å²) in [6.07, 6.45) is 0. The highest BCUT2D eigenvalue weighted by atomic mass is 35.5. The van der Waals surface area contributed by atoms with Crippen molar-refractivity contribution in [1.82, 2.24) is 9.80 Å². The van der Waals surface area contributed by atoms with E-state index in [1.165, 1.54) is 4.90 Å². The molecule has 0 N–H and O–H groups in total. The van der Waals surface area contributed by atoms with Crippen LogP contribution in [-0.2, 0) is 19.1 Å². The Morgan fingerprint density at radius 1 is 0.977 bits per heavy atom. The molecule has 2 aliphatic rings. The first-order valence-electron chi connectivity index (χ1n) is 14.1. The number of esters is 1. The molecule has 2 amide bonds. The third-order valence-electron chi connectivity index (χ3n) is 7.66. The second kappa shape index (κ2) is 13.8. The van der Waals surface area contributed by atoms with Gasteiger partial charge in [0.15, 0.2) is 6.61 Å². The van der Waals surface area contributed by atoms with Gasteiger partial charge in [-0.3, -0.25) is 19.4 Å². The van der Waals surface area contributed by atoms with Gasteiger partial charge in [0, 0.05) is 32.7 Å². The number of hydrogen-bond acceptors (Lipinski definition) is 7. The van der Waals surface area contributed by atoms with Gasteiger partial charge in [-0.05, 0) is 41.8 Å². The fraction of sp³-hybridized carbons (Fsp3) is 0.344. The van der Waals surface area contributed by atoms with Crippen molar-refractivity contribution in [3.8, 4) is 16.9 Å². The third kappa shape index (κ3) is 7.13. The van der Waals surface area contributed by atoms with E-state index in [0.717, 1.165) is 29.8 Å². The number of carbonyl (C=O) groups is 3. The van der Waals surface area contributed by atoms with Crippen molar-refractivity contribution in [1.29, 1.82) is 0 Å². The molecule has 9 nitrogen and oxygen atoms in total. The molecule has 2 heterocycles. The predicted molar refractivity (Wildman–Crippen MR) is 165 cm³/mol. The number of nitrogens with zero attached hydrogens (tertiary/aromatic N) is 3. The van der Waals surface area contributed by atoms with E-state index in [1.54, 1.807) is 43.1 Å². The van der Waals surface area contributed by atoms with Crippen molar-refractivity contribution in [3.63, 3.8) is 0 Å². The number of benzene rings is 3. The SMILES string of the molecule is CCOC(=O)c1ccc(-c2ccc([C@H](CN3CCOCC3)N(C)C(=O)CN3C(=O)COc4cc(Cl)c(Cl)cc43)cc2)cc1. The van der Waals surface area contributed by atoms with Crippen molar-refractivity contribution in [3.05, 3.63) is 81.8 Å². The van der Waals surface area contributed by atoms with Gasteiger partial charge >= 0.3 is 5.97 Å². The van der Waals surface area contributed by atoms with E-state index >= 15 is 0 Å². The van der Waals surface area contributed by atoms with Crippen molar-refractivity contribution in [2.24, 2.45) is 0 Å². The minimum absolute atomic E-state index is 0.172. The van der Waals surface area contributed by atoms with Gasteiger partial charge in [-0.25, -0.2) is 4.79 Å². The largest absolute Gasteiger partial charge is 0.482 e. The van der Waals surface area contributed by atoms with E-state index < -0.39 is 0 Å². The lowest BCUT2D eigenvalue weighted by Crippen LogP contribution is -2.48. The number of ether oxygens (including phenoxy) is 3. The Kier molecular flexibility index (Phi) is 9.87. The van der Waals surface area contributed by atoms with Crippen LogP contribution < -0.4 is 9.64 Å². The van der Waals surface area contributed by atoms with E-state index in [2.05, 4.69) is 4.90 Å². The van der Waals surface area contributed by atoms with Crippen LogP contribution in [0.15, 0.2) is 60.7 Å². The molecule has 0 saturated carbocycles. The van der Waals surface area contributed by atoms with Crippen LogP contribution in [0.3, 0.4) is 0 Å². The zero-order valence-electron chi connectivity index (χ0n) is 24.1. The fourth-order valence-corrected chi connectivity index (χ4v) is 5.49. The Morgan fingerprint density at radius 3 is 2.26 bits per heavy atom. The highest BCUT2D eigenvalue weighted by Crippen LogP contribution is 2.39. The minimum Gasteiger partial charge on any atom is -0.482 e. The molecule has 0 aliphatic carbocycles. The standard InChI is InChI=1S/C32H33Cl2N3O6/c1-3-42-32(40)24-10-6-22(7-11-24)21-4-8-23(9-5-21)28(18-36-12-14-41-15-13-36)35(2)30(38)19-37-27-16-25(33)26(34)17-29(27)43-20-31(37)39/h4-11,16-17,28H,3,12-15,18-20H2,1-2H3/t28-/m0/s1. The molecule has 3 aromatic rings. The first-order valence-corrected chi connectivity index (χ1v) is 14.9. The predicted octanol–water partition coefficient (Wildman–Crippen LogP) is 5.09. The number of rotatable bonds is 9. The smallest absolute Gasteiger partial charge is 0.338 e. The Morgan fingerprint density at radius 2 is 1.60 bits per heavy atom. The quantitative estimate of drug-likeness (QED) is 0.306. The van der Waals surface area contributed by atoms with Gasteiger partial charge in [-0.15, -0.1) is 0 Å². The number of likely N-dealkylation sites (N-methyl/N-ethyl adjacent to an activating group) is 1. The number of halogens is 2. The molecular formula is C32H33Cl2N3O6. The molecule has 1 fully saturated rings. The van der Waals surface area contributed by atoms with Gasteiger partial charge in [0.1, 0.15) is 12.3 Å². The summed E-state index contributed by atoms with van der Waals surface area (Å²) in [5.74, 6) is -0.516. The number of fused-ring (bicyclic) bond motifs is 1. The summed E-state index contributed by atoms with van der Waals surface area (Å²) < 4.78 is 16.1. The molecule has 0 aromatic heterocycles. The molecule has 5 rings (SSSR count). The van der Waals surface area contributed by atoms with Gasteiger partial charge < -0.3 is 19.1 Å². The summed E-state index contributed by atoms with van der Waals surface area (Å²) in [4.78, 5) is 44.0. The minimum atomic E-state index is -0.350. The summed E-state index contributed by atoms with van der Waals surface area (Å²) in [6.45, 7) is 5.13. The number of morpholine rings is 1. The van der Waals surface area contributed by atoms with E-state index in [9.17, 15) is 14.4 Å². The molecule has 2 aliphatic heterocycles. The maximum atomic E-state index is 13.7. The number of anilines is 1. The normalized spacial score (nSPS) is 15.8. The summed E-state index contributed by atoms with van der Waals surface area (Å²) in [5.41, 5.74) is 3.80. The van der Waals surface area contributed by atoms with Crippen LogP contribution in [0.1, 0.15) is 28.9 Å². The Labute approximate surface area is 260 Å². The third-order valence-corrected chi connectivity index (χ3v) is 8.38. The second-order valence-electron chi connectivity index (χ2n) is 10.4. The molecule has 3 aromatic carbocycles. The van der Waals surface area contributed by atoms with Crippen LogP contribution in [0, 0.1) is 0 Å². The summed E-state index contributed by atoms with van der Waals surface area (Å²) in [5, 5.41) is 0.576. The van der Waals surface area contributed by atoms with E-state index in [-0.39, 0.29) is 42.0 Å². The van der Waals surface area contributed by atoms with Crippen LogP contribution in [0.4, 0.5) is 5.69 Å². The maximum absolute atomic E-state index is 13.7. The van der Waals surface area contributed by atoms with Crippen molar-refractivity contribution in [2.75, 3.05) is 64.6 Å². The highest BCUT2D eigenvalue weighted by molar-refractivity contribution is 6.42. The van der Waals surface area contributed by atoms with Crippen molar-refractivity contribution < 1.29 is 28.6 Å². The first-order chi connectivity index (χ1) is 20.7. The second-order valence-corrected chi connectivity index (χ2v) is 11.2. The van der Waals surface area contributed by atoms with E-state index in [0.29, 0.717) is 48.4 Å². The monoisotopic (exact) mass is 625 g/mol. The first kappa shape index (κ1) is 30.8. The van der Waals surface area contributed by atoms with Crippen molar-refractivity contribution >= 4 is 46.7 Å². The van der Waals surface area contributed by atoms with Crippen LogP contribution in [0.2, 0.25) is 10.0 Å². The number of hydrogen-bond donors (Lipinski definition) is 0. The molecular weight excluding hydrogens is 593 g/mol. The van der Waals surface area contributed by atoms with Crippen LogP contribution in [0.25, 0.3) is 11.1 Å². The molecule has 11 heteroatoms. The summed E-state index contributed by atoms with van der Waals surface area (Å²) in [7, 11) is 1.76. The molecule has 0 radical (unpaired) electrons. The van der Waals surface area contributed by atoms with Gasteiger partial charge in [0.25, 0.3) is 5.91 Å². The topological polar surface area (TPSA) is 88.6 Å². The lowest BCUT2D eigenvalue weighted by molar-refractivity contribution is -0.133. The Hall–Kier alpha value is -3.63. The average Bonchev–Trinajstić information content (AvgIpc) is 3.02. The lowest BCUT2D eigenvalue weighted by atomic mass is 9.98. The zero-order valence-corrected chi connectivity index (χ0v) is 25.6. The Bertz CT molecular complexity index is 1480. The fourth-order valence-electron chi connectivity index (χ4n) is 5.18. The van der Waals surface area contributed by atoms with Crippen LogP contribution in [0.5, 0.6) is 5.75 Å². The molecule has 0 bridgehead atoms. The number of carbonyl (C=O) groups excluding carboxylic acids is 3. The Balaban J connectivity index is 1.37. The van der Waals surface area contributed by atoms with Crippen LogP contribution in [-0.4, -0.2) is 87.2 Å². The van der Waals surface area contributed by atoms with Gasteiger partial charge in [-0.1, -0.05) is 59.6 Å². The molecule has 226 valence electrons. The van der Waals surface area contributed by atoms with E-state index in [4.69, 9.17) is 37.4 Å². The summed E-state index contributed by atoms with van der Waals surface area (Å²) >= 11 is 12.4. The molecule has 0 unspecified atom stereocenters. The number of amides is 2. The van der Waals surface area contributed by atoms with Crippen molar-refractivity contribution in [2.45, 2.75) is 13.0 Å². The van der Waals surface area contributed by atoms with Gasteiger partial charge in [-0.2, -0.15) is 0 Å². The molecule has 1 saturated heterocycles. The van der Waals surface area contributed by atoms with Crippen LogP contribution >= 0.6 is 23.2 Å². The van der Waals surface area contributed by atoms with Gasteiger partial charge in [0.2, 0.25) is 5.91 Å². The molecule has 0 spiro atoms. The molecule has 1 atom stereocenters. The summed E-state index contributed by atoms with van der Waals surface area (Å²) in [6, 6.07) is 18.1. The maximum Gasteiger partial charge on any atom is 0.338 e. The average molecular weight is 627 g/mol. The zero-order chi connectivity index (χ0) is 30.5. The van der Waals surface area contributed by atoms with E-state index in [1.807, 2.05) is 36.4 Å². The van der Waals surface area contributed by atoms with Gasteiger partial charge in [0.05, 0.1) is 47.2 Å². The lowest BCUT2D eigenvalue weighted by Gasteiger charge is -2.37. The highest BCUT2D eigenvalue weighted by Gasteiger charge is 2.32. The molecule has 43 heavy (non-hydrogen) atoms.